The van der Waals surface area contributed by atoms with Crippen LogP contribution in [0.15, 0.2) is 53.7 Å². The molecular formula is C23H23F2N3O2S. The number of allylic oxidation sites excluding steroid dienone is 1. The van der Waals surface area contributed by atoms with E-state index >= 15 is 0 Å². The van der Waals surface area contributed by atoms with Gasteiger partial charge in [0.25, 0.3) is 5.91 Å². The van der Waals surface area contributed by atoms with Crippen molar-refractivity contribution in [2.24, 2.45) is 0 Å². The van der Waals surface area contributed by atoms with Gasteiger partial charge in [-0.2, -0.15) is 0 Å². The molecule has 162 valence electrons. The third-order valence-electron chi connectivity index (χ3n) is 5.59. The van der Waals surface area contributed by atoms with Gasteiger partial charge in [-0.05, 0) is 50.3 Å². The highest BCUT2D eigenvalue weighted by molar-refractivity contribution is 7.80. The van der Waals surface area contributed by atoms with E-state index in [-0.39, 0.29) is 22.2 Å². The molecule has 0 spiro atoms. The molecule has 2 heterocycles. The lowest BCUT2D eigenvalue weighted by Gasteiger charge is -2.40. The van der Waals surface area contributed by atoms with E-state index in [0.29, 0.717) is 32.0 Å². The van der Waals surface area contributed by atoms with E-state index in [4.69, 9.17) is 17.0 Å². The van der Waals surface area contributed by atoms with Gasteiger partial charge < -0.3 is 15.0 Å². The molecule has 0 aliphatic carbocycles. The Kier molecular flexibility index (Phi) is 6.02. The number of carbonyl (C=O) groups is 1. The minimum absolute atomic E-state index is 0.218. The summed E-state index contributed by atoms with van der Waals surface area (Å²) >= 11 is 5.57. The van der Waals surface area contributed by atoms with Gasteiger partial charge in [-0.1, -0.05) is 23.8 Å². The summed E-state index contributed by atoms with van der Waals surface area (Å²) in [6, 6.07) is 10.3. The average molecular weight is 444 g/mol. The fourth-order valence-corrected chi connectivity index (χ4v) is 4.32. The van der Waals surface area contributed by atoms with E-state index in [2.05, 4.69) is 5.32 Å². The van der Waals surface area contributed by atoms with Gasteiger partial charge in [-0.25, -0.2) is 8.78 Å². The zero-order chi connectivity index (χ0) is 22.1. The van der Waals surface area contributed by atoms with Crippen molar-refractivity contribution in [1.82, 2.24) is 10.2 Å². The molecule has 8 heteroatoms. The highest BCUT2D eigenvalue weighted by Crippen LogP contribution is 2.36. The van der Waals surface area contributed by atoms with E-state index in [0.717, 1.165) is 11.3 Å². The van der Waals surface area contributed by atoms with Crippen LogP contribution in [-0.4, -0.2) is 42.2 Å². The number of benzene rings is 2. The molecule has 2 aromatic rings. The second kappa shape index (κ2) is 8.72. The minimum Gasteiger partial charge on any atom is -0.378 e. The molecule has 4 rings (SSSR count). The Morgan fingerprint density at radius 1 is 1.06 bits per heavy atom. The predicted octanol–water partition coefficient (Wildman–Crippen LogP) is 3.84. The van der Waals surface area contributed by atoms with Crippen LogP contribution >= 0.6 is 12.2 Å². The Bertz CT molecular complexity index is 1030. The van der Waals surface area contributed by atoms with Crippen LogP contribution in [0.25, 0.3) is 0 Å². The lowest BCUT2D eigenvalue weighted by Crippen LogP contribution is -2.51. The molecule has 0 bridgehead atoms. The number of hydrogen-bond acceptors (Lipinski definition) is 3. The molecule has 5 nitrogen and oxygen atoms in total. The number of nitrogens with one attached hydrogen (secondary N) is 1. The number of amides is 1. The Morgan fingerprint density at radius 2 is 1.68 bits per heavy atom. The maximum Gasteiger partial charge on any atom is 0.254 e. The minimum atomic E-state index is -1.04. The van der Waals surface area contributed by atoms with Crippen LogP contribution < -0.4 is 10.2 Å². The maximum absolute atomic E-state index is 14.7. The Morgan fingerprint density at radius 3 is 2.29 bits per heavy atom. The number of thiocarbonyl (C=S) groups is 1. The van der Waals surface area contributed by atoms with Crippen LogP contribution in [0, 0.1) is 18.6 Å². The topological polar surface area (TPSA) is 44.8 Å². The zero-order valence-electron chi connectivity index (χ0n) is 17.3. The van der Waals surface area contributed by atoms with Crippen LogP contribution in [0.2, 0.25) is 0 Å². The fraction of sp³-hybridized carbons (Fsp3) is 0.304. The van der Waals surface area contributed by atoms with Crippen molar-refractivity contribution in [3.05, 3.63) is 76.5 Å². The summed E-state index contributed by atoms with van der Waals surface area (Å²) < 4.78 is 34.8. The number of ether oxygens (including phenoxy) is 1. The quantitative estimate of drug-likeness (QED) is 0.731. The van der Waals surface area contributed by atoms with Crippen molar-refractivity contribution < 1.29 is 18.3 Å². The van der Waals surface area contributed by atoms with Gasteiger partial charge in [0, 0.05) is 24.5 Å². The van der Waals surface area contributed by atoms with Crippen molar-refractivity contribution in [3.63, 3.8) is 0 Å². The number of halogens is 2. The van der Waals surface area contributed by atoms with Gasteiger partial charge in [0.05, 0.1) is 30.4 Å². The zero-order valence-corrected chi connectivity index (χ0v) is 18.1. The summed E-state index contributed by atoms with van der Waals surface area (Å²) in [4.78, 5) is 16.9. The van der Waals surface area contributed by atoms with Gasteiger partial charge in [0.1, 0.15) is 11.6 Å². The van der Waals surface area contributed by atoms with Crippen molar-refractivity contribution in [2.75, 3.05) is 31.2 Å². The highest BCUT2D eigenvalue weighted by Gasteiger charge is 2.39. The number of morpholine rings is 1. The number of nitrogens with zero attached hydrogens (tertiary/aromatic N) is 2. The normalized spacial score (nSPS) is 19.5. The largest absolute Gasteiger partial charge is 0.378 e. The molecule has 31 heavy (non-hydrogen) atoms. The monoisotopic (exact) mass is 443 g/mol. The number of carbonyl (C=O) groups excluding carboxylic acids is 1. The summed E-state index contributed by atoms with van der Waals surface area (Å²) in [6.07, 6.45) is 0. The molecule has 2 aliphatic rings. The Labute approximate surface area is 185 Å². The standard InChI is InChI=1S/C23H23F2N3O2S/c1-14-6-8-16(9-7-14)28-15(2)19(22(29)27-10-12-30-13-11-27)21(26-23(28)31)20-17(24)4-3-5-18(20)25/h3-9,21H,10-13H2,1-2H3,(H,26,31). The smallest absolute Gasteiger partial charge is 0.254 e. The summed E-state index contributed by atoms with van der Waals surface area (Å²) in [5, 5.41) is 3.29. The number of hydrogen-bond donors (Lipinski definition) is 1. The van der Waals surface area contributed by atoms with Gasteiger partial charge in [0.2, 0.25) is 0 Å². The van der Waals surface area contributed by atoms with E-state index in [1.807, 2.05) is 31.2 Å². The summed E-state index contributed by atoms with van der Waals surface area (Å²) in [6.45, 7) is 5.40. The third-order valence-corrected chi connectivity index (χ3v) is 5.89. The van der Waals surface area contributed by atoms with Gasteiger partial charge >= 0.3 is 0 Å². The molecule has 0 saturated carbocycles. The first kappa shape index (κ1) is 21.4. The van der Waals surface area contributed by atoms with E-state index in [1.165, 1.54) is 18.2 Å². The van der Waals surface area contributed by atoms with E-state index < -0.39 is 17.7 Å². The third kappa shape index (κ3) is 4.05. The molecule has 2 aromatic carbocycles. The highest BCUT2D eigenvalue weighted by atomic mass is 32.1. The van der Waals surface area contributed by atoms with Crippen LogP contribution in [0.4, 0.5) is 14.5 Å². The maximum atomic E-state index is 14.7. The summed E-state index contributed by atoms with van der Waals surface area (Å²) in [5.41, 5.74) is 2.43. The fourth-order valence-electron chi connectivity index (χ4n) is 3.96. The second-order valence-corrected chi connectivity index (χ2v) is 7.98. The van der Waals surface area contributed by atoms with Crippen molar-refractivity contribution >= 4 is 28.9 Å². The number of rotatable bonds is 3. The van der Waals surface area contributed by atoms with E-state index in [9.17, 15) is 13.6 Å². The van der Waals surface area contributed by atoms with Crippen molar-refractivity contribution in [1.29, 1.82) is 0 Å². The molecule has 1 saturated heterocycles. The average Bonchev–Trinajstić information content (AvgIpc) is 2.75. The first-order valence-electron chi connectivity index (χ1n) is 10.1. The van der Waals surface area contributed by atoms with Crippen LogP contribution in [0.5, 0.6) is 0 Å². The molecule has 0 radical (unpaired) electrons. The van der Waals surface area contributed by atoms with Gasteiger partial charge in [0.15, 0.2) is 5.11 Å². The predicted molar refractivity (Wildman–Crippen MR) is 119 cm³/mol. The molecule has 1 atom stereocenters. The molecular weight excluding hydrogens is 420 g/mol. The summed E-state index contributed by atoms with van der Waals surface area (Å²) in [7, 11) is 0. The molecule has 0 aromatic heterocycles. The Hall–Kier alpha value is -2.84. The van der Waals surface area contributed by atoms with Gasteiger partial charge in [-0.15, -0.1) is 0 Å². The molecule has 2 aliphatic heterocycles. The SMILES string of the molecule is CC1=C(C(=O)N2CCOCC2)C(c2c(F)cccc2F)NC(=S)N1c1ccc(C)cc1. The first-order chi connectivity index (χ1) is 14.9. The molecule has 1 unspecified atom stereocenters. The lowest BCUT2D eigenvalue weighted by atomic mass is 9.92. The van der Waals surface area contributed by atoms with Crippen LogP contribution in [-0.2, 0) is 9.53 Å². The van der Waals surface area contributed by atoms with Crippen LogP contribution in [0.3, 0.4) is 0 Å². The molecule has 1 amide bonds. The van der Waals surface area contributed by atoms with Crippen molar-refractivity contribution in [3.8, 4) is 0 Å². The number of aryl methyl sites for hydroxylation is 1. The van der Waals surface area contributed by atoms with E-state index in [1.54, 1.807) is 16.7 Å². The second-order valence-electron chi connectivity index (χ2n) is 7.59. The summed E-state index contributed by atoms with van der Waals surface area (Å²) in [5.74, 6) is -1.76. The Balaban J connectivity index is 1.86. The lowest BCUT2D eigenvalue weighted by molar-refractivity contribution is -0.131. The van der Waals surface area contributed by atoms with Gasteiger partial charge in [-0.3, -0.25) is 9.69 Å². The van der Waals surface area contributed by atoms with Crippen LogP contribution in [0.1, 0.15) is 24.1 Å². The first-order valence-corrected chi connectivity index (χ1v) is 10.5. The van der Waals surface area contributed by atoms with Crippen molar-refractivity contribution in [2.45, 2.75) is 19.9 Å². The molecule has 1 N–H and O–H groups in total. The number of anilines is 1. The molecule has 1 fully saturated rings.